The zero-order chi connectivity index (χ0) is 22.9. The minimum atomic E-state index is -4.41. The molecule has 0 radical (unpaired) electrons. The lowest BCUT2D eigenvalue weighted by molar-refractivity contribution is -0.137. The summed E-state index contributed by atoms with van der Waals surface area (Å²) in [5.41, 5.74) is 2.01. The minimum Gasteiger partial charge on any atom is -0.389 e. The molecule has 2 atom stereocenters. The molecule has 1 aromatic heterocycles. The van der Waals surface area contributed by atoms with Crippen LogP contribution < -0.4 is 5.32 Å². The number of nitrogens with one attached hydrogen (secondary N) is 1. The number of rotatable bonds is 6. The van der Waals surface area contributed by atoms with Crippen molar-refractivity contribution in [2.45, 2.75) is 18.3 Å². The van der Waals surface area contributed by atoms with Crippen LogP contribution in [0.15, 0.2) is 79.0 Å². The van der Waals surface area contributed by atoms with Crippen LogP contribution in [0, 0.1) is 5.82 Å². The maximum atomic E-state index is 14.0. The molecule has 0 aliphatic carbocycles. The second-order valence-corrected chi connectivity index (χ2v) is 7.67. The van der Waals surface area contributed by atoms with Crippen molar-refractivity contribution in [3.05, 3.63) is 95.9 Å². The predicted molar refractivity (Wildman–Crippen MR) is 124 cm³/mol. The molecule has 0 aliphatic rings. The van der Waals surface area contributed by atoms with Gasteiger partial charge >= 0.3 is 6.18 Å². The van der Waals surface area contributed by atoms with Gasteiger partial charge in [-0.25, -0.2) is 4.39 Å². The molecule has 0 saturated heterocycles. The van der Waals surface area contributed by atoms with Crippen molar-refractivity contribution in [1.29, 1.82) is 0 Å². The lowest BCUT2D eigenvalue weighted by atomic mass is 10.0. The maximum Gasteiger partial charge on any atom is 0.416 e. The van der Waals surface area contributed by atoms with E-state index in [9.17, 15) is 22.7 Å². The predicted octanol–water partition coefficient (Wildman–Crippen LogP) is 6.06. The molecule has 1 heterocycles. The molecular formula is C25H23ClF4N2O. The number of aromatic nitrogens is 1. The Labute approximate surface area is 195 Å². The number of para-hydroxylation sites is 1. The van der Waals surface area contributed by atoms with Gasteiger partial charge in [0, 0.05) is 29.2 Å². The van der Waals surface area contributed by atoms with Crippen molar-refractivity contribution in [3.8, 4) is 11.1 Å². The van der Waals surface area contributed by atoms with Crippen molar-refractivity contribution >= 4 is 23.3 Å². The summed E-state index contributed by atoms with van der Waals surface area (Å²) in [5.74, 6) is -0.413. The fraction of sp³-hybridized carbons (Fsp3) is 0.200. The van der Waals surface area contributed by atoms with Crippen LogP contribution in [0.3, 0.4) is 0 Å². The van der Waals surface area contributed by atoms with Crippen molar-refractivity contribution in [2.24, 2.45) is 0 Å². The Morgan fingerprint density at radius 3 is 2.30 bits per heavy atom. The normalized spacial score (nSPS) is 13.5. The van der Waals surface area contributed by atoms with E-state index in [1.807, 2.05) is 35.0 Å². The van der Waals surface area contributed by atoms with Gasteiger partial charge < -0.3 is 15.0 Å². The number of fused-ring (bicyclic) bond motifs is 1. The summed E-state index contributed by atoms with van der Waals surface area (Å²) < 4.78 is 54.9. The Kier molecular flexibility index (Phi) is 7.47. The lowest BCUT2D eigenvalue weighted by Crippen LogP contribution is -2.33. The van der Waals surface area contributed by atoms with E-state index in [0.717, 1.165) is 28.6 Å². The third kappa shape index (κ3) is 5.05. The van der Waals surface area contributed by atoms with Crippen LogP contribution in [0.25, 0.3) is 22.0 Å². The van der Waals surface area contributed by atoms with Gasteiger partial charge in [0.2, 0.25) is 0 Å². The molecule has 4 aromatic rings. The molecule has 0 bridgehead atoms. The summed E-state index contributed by atoms with van der Waals surface area (Å²) in [6.45, 7) is 0.267. The van der Waals surface area contributed by atoms with E-state index in [4.69, 9.17) is 0 Å². The number of aliphatic hydroxyl groups excluding tert-OH is 1. The average Bonchev–Trinajstić information content (AvgIpc) is 3.13. The Morgan fingerprint density at radius 1 is 0.970 bits per heavy atom. The quantitative estimate of drug-likeness (QED) is 0.331. The van der Waals surface area contributed by atoms with E-state index in [1.165, 1.54) is 24.3 Å². The molecule has 0 amide bonds. The van der Waals surface area contributed by atoms with E-state index in [0.29, 0.717) is 11.1 Å². The zero-order valence-corrected chi connectivity index (χ0v) is 18.5. The maximum absolute atomic E-state index is 14.0. The molecule has 2 N–H and O–H groups in total. The summed E-state index contributed by atoms with van der Waals surface area (Å²) in [4.78, 5) is 0. The number of halogens is 5. The molecule has 174 valence electrons. The third-order valence-corrected chi connectivity index (χ3v) is 5.53. The Balaban J connectivity index is 0.00000306. The highest BCUT2D eigenvalue weighted by atomic mass is 35.5. The van der Waals surface area contributed by atoms with E-state index < -0.39 is 29.7 Å². The Morgan fingerprint density at radius 2 is 1.67 bits per heavy atom. The van der Waals surface area contributed by atoms with Crippen LogP contribution in [0.5, 0.6) is 0 Å². The first-order chi connectivity index (χ1) is 15.3. The van der Waals surface area contributed by atoms with Gasteiger partial charge in [0.1, 0.15) is 5.82 Å². The zero-order valence-electron chi connectivity index (χ0n) is 17.7. The standard InChI is InChI=1S/C25H22F4N2O.ClH/c1-30-14-23(32)24(17-5-4-6-19(26)13-17)31-15-21(20-7-2-3-8-22(20)31)16-9-11-18(12-10-16)25(27,28)29;/h2-13,15,23-24,30,32H,14H2,1H3;1H/t23-,24+;/m1./s1. The first-order valence-corrected chi connectivity index (χ1v) is 10.1. The molecule has 0 saturated carbocycles. The van der Waals surface area contributed by atoms with E-state index in [1.54, 1.807) is 19.2 Å². The van der Waals surface area contributed by atoms with Crippen LogP contribution in [0.2, 0.25) is 0 Å². The fourth-order valence-electron chi connectivity index (χ4n) is 4.08. The van der Waals surface area contributed by atoms with E-state index in [-0.39, 0.29) is 19.0 Å². The lowest BCUT2D eigenvalue weighted by Gasteiger charge is -2.26. The first-order valence-electron chi connectivity index (χ1n) is 10.1. The topological polar surface area (TPSA) is 37.2 Å². The van der Waals surface area contributed by atoms with Gasteiger partial charge in [-0.3, -0.25) is 0 Å². The number of hydrogen-bond acceptors (Lipinski definition) is 2. The Bertz CT molecular complexity index is 1220. The first kappa shape index (κ1) is 24.8. The number of hydrogen-bond donors (Lipinski definition) is 2. The average molecular weight is 479 g/mol. The Hall–Kier alpha value is -2.87. The summed E-state index contributed by atoms with van der Waals surface area (Å²) in [7, 11) is 1.72. The minimum absolute atomic E-state index is 0. The second-order valence-electron chi connectivity index (χ2n) is 7.67. The van der Waals surface area contributed by atoms with Gasteiger partial charge in [-0.15, -0.1) is 12.4 Å². The van der Waals surface area contributed by atoms with Crippen LogP contribution in [-0.4, -0.2) is 29.4 Å². The SMILES string of the molecule is CNC[C@@H](O)[C@H](c1cccc(F)c1)n1cc(-c2ccc(C(F)(F)F)cc2)c2ccccc21.Cl. The van der Waals surface area contributed by atoms with Gasteiger partial charge in [0.25, 0.3) is 0 Å². The monoisotopic (exact) mass is 478 g/mol. The van der Waals surface area contributed by atoms with Gasteiger partial charge in [0.15, 0.2) is 0 Å². The number of likely N-dealkylation sites (N-methyl/N-ethyl adjacent to an activating group) is 1. The largest absolute Gasteiger partial charge is 0.416 e. The van der Waals surface area contributed by atoms with Crippen molar-refractivity contribution in [3.63, 3.8) is 0 Å². The molecule has 3 nitrogen and oxygen atoms in total. The molecular weight excluding hydrogens is 456 g/mol. The highest BCUT2D eigenvalue weighted by Gasteiger charge is 2.30. The summed E-state index contributed by atoms with van der Waals surface area (Å²) in [6, 6.07) is 17.9. The highest BCUT2D eigenvalue weighted by Crippen LogP contribution is 2.37. The number of nitrogens with zero attached hydrogens (tertiary/aromatic N) is 1. The van der Waals surface area contributed by atoms with Gasteiger partial charge in [-0.2, -0.15) is 13.2 Å². The summed E-state index contributed by atoms with van der Waals surface area (Å²) in [6.07, 6.45) is -3.48. The number of alkyl halides is 3. The fourth-order valence-corrected chi connectivity index (χ4v) is 4.08. The van der Waals surface area contributed by atoms with Crippen molar-refractivity contribution in [2.75, 3.05) is 13.6 Å². The molecule has 8 heteroatoms. The molecule has 0 fully saturated rings. The second kappa shape index (κ2) is 9.95. The van der Waals surface area contributed by atoms with Crippen LogP contribution >= 0.6 is 12.4 Å². The van der Waals surface area contributed by atoms with Crippen LogP contribution in [-0.2, 0) is 6.18 Å². The van der Waals surface area contributed by atoms with Crippen molar-refractivity contribution < 1.29 is 22.7 Å². The molecule has 33 heavy (non-hydrogen) atoms. The summed E-state index contributed by atoms with van der Waals surface area (Å²) in [5, 5.41) is 14.7. The molecule has 0 spiro atoms. The van der Waals surface area contributed by atoms with Crippen LogP contribution in [0.1, 0.15) is 17.2 Å². The van der Waals surface area contributed by atoms with Gasteiger partial charge in [-0.05, 0) is 48.5 Å². The molecule has 0 unspecified atom stereocenters. The molecule has 0 aliphatic heterocycles. The van der Waals surface area contributed by atoms with Crippen LogP contribution in [0.4, 0.5) is 17.6 Å². The smallest absolute Gasteiger partial charge is 0.389 e. The number of aliphatic hydroxyl groups is 1. The third-order valence-electron chi connectivity index (χ3n) is 5.53. The summed E-state index contributed by atoms with van der Waals surface area (Å²) >= 11 is 0. The van der Waals surface area contributed by atoms with Gasteiger partial charge in [0.05, 0.1) is 17.7 Å². The van der Waals surface area contributed by atoms with Gasteiger partial charge in [-0.1, -0.05) is 42.5 Å². The molecule has 3 aromatic carbocycles. The highest BCUT2D eigenvalue weighted by molar-refractivity contribution is 5.96. The van der Waals surface area contributed by atoms with E-state index in [2.05, 4.69) is 5.32 Å². The molecule has 4 rings (SSSR count). The van der Waals surface area contributed by atoms with E-state index >= 15 is 0 Å². The van der Waals surface area contributed by atoms with Crippen molar-refractivity contribution in [1.82, 2.24) is 9.88 Å². The number of benzene rings is 3.